The van der Waals surface area contributed by atoms with E-state index in [0.29, 0.717) is 17.6 Å². The van der Waals surface area contributed by atoms with Crippen LogP contribution in [0.1, 0.15) is 18.5 Å². The zero-order valence-electron chi connectivity index (χ0n) is 8.49. The lowest BCUT2D eigenvalue weighted by atomic mass is 10.4. The zero-order valence-corrected chi connectivity index (χ0v) is 8.49. The van der Waals surface area contributed by atoms with Crippen LogP contribution in [0, 0.1) is 12.8 Å². The van der Waals surface area contributed by atoms with Crippen molar-refractivity contribution in [2.75, 3.05) is 7.11 Å². The van der Waals surface area contributed by atoms with E-state index in [0.717, 1.165) is 6.54 Å². The first-order valence-corrected chi connectivity index (χ1v) is 4.83. The van der Waals surface area contributed by atoms with Gasteiger partial charge in [-0.25, -0.2) is 4.98 Å². The first-order valence-electron chi connectivity index (χ1n) is 4.83. The maximum atomic E-state index is 11.6. The van der Waals surface area contributed by atoms with Crippen molar-refractivity contribution in [1.29, 1.82) is 0 Å². The number of aromatic nitrogens is 2. The Bertz CT molecular complexity index is 394. The lowest BCUT2D eigenvalue weighted by molar-refractivity contribution is 0.340. The van der Waals surface area contributed by atoms with Crippen molar-refractivity contribution in [3.8, 4) is 6.01 Å². The molecule has 0 unspecified atom stereocenters. The molecule has 1 aliphatic carbocycles. The third-order valence-electron chi connectivity index (χ3n) is 2.42. The summed E-state index contributed by atoms with van der Waals surface area (Å²) >= 11 is 0. The van der Waals surface area contributed by atoms with Crippen molar-refractivity contribution in [3.05, 3.63) is 22.1 Å². The summed E-state index contributed by atoms with van der Waals surface area (Å²) in [5.41, 5.74) is 0.695. The van der Waals surface area contributed by atoms with Crippen molar-refractivity contribution in [3.63, 3.8) is 0 Å². The molecule has 4 nitrogen and oxygen atoms in total. The Morgan fingerprint density at radius 3 is 2.93 bits per heavy atom. The van der Waals surface area contributed by atoms with E-state index in [2.05, 4.69) is 4.98 Å². The van der Waals surface area contributed by atoms with Crippen LogP contribution in [-0.2, 0) is 6.54 Å². The van der Waals surface area contributed by atoms with Crippen molar-refractivity contribution >= 4 is 0 Å². The highest BCUT2D eigenvalue weighted by atomic mass is 16.5. The third-order valence-corrected chi connectivity index (χ3v) is 2.42. The molecule has 14 heavy (non-hydrogen) atoms. The van der Waals surface area contributed by atoms with Crippen LogP contribution >= 0.6 is 0 Å². The van der Waals surface area contributed by atoms with E-state index in [1.54, 1.807) is 24.7 Å². The molecule has 0 bridgehead atoms. The van der Waals surface area contributed by atoms with Gasteiger partial charge >= 0.3 is 0 Å². The summed E-state index contributed by atoms with van der Waals surface area (Å²) in [5, 5.41) is 0. The maximum Gasteiger partial charge on any atom is 0.299 e. The standard InChI is InChI=1S/C10H14N2O2/c1-7-5-9(13)12(6-8-3-4-8)10(11-7)14-2/h5,8H,3-4,6H2,1-2H3. The first-order chi connectivity index (χ1) is 6.70. The maximum absolute atomic E-state index is 11.6. The van der Waals surface area contributed by atoms with Gasteiger partial charge < -0.3 is 4.74 Å². The largest absolute Gasteiger partial charge is 0.468 e. The third kappa shape index (κ3) is 1.78. The van der Waals surface area contributed by atoms with Gasteiger partial charge in [-0.05, 0) is 25.7 Å². The molecule has 76 valence electrons. The average Bonchev–Trinajstić information content (AvgIpc) is 2.93. The van der Waals surface area contributed by atoms with E-state index in [4.69, 9.17) is 4.74 Å². The number of aryl methyl sites for hydroxylation is 1. The zero-order chi connectivity index (χ0) is 10.1. The fourth-order valence-corrected chi connectivity index (χ4v) is 1.48. The van der Waals surface area contributed by atoms with Crippen LogP contribution in [0.4, 0.5) is 0 Å². The van der Waals surface area contributed by atoms with Crippen LogP contribution in [0.2, 0.25) is 0 Å². The smallest absolute Gasteiger partial charge is 0.299 e. The van der Waals surface area contributed by atoms with E-state index in [1.807, 2.05) is 0 Å². The Hall–Kier alpha value is -1.32. The molecule has 1 heterocycles. The molecule has 0 aliphatic heterocycles. The lowest BCUT2D eigenvalue weighted by Gasteiger charge is -2.09. The fraction of sp³-hybridized carbons (Fsp3) is 0.600. The van der Waals surface area contributed by atoms with Gasteiger partial charge in [0.2, 0.25) is 0 Å². The second-order valence-corrected chi connectivity index (χ2v) is 3.78. The van der Waals surface area contributed by atoms with Crippen LogP contribution in [0.3, 0.4) is 0 Å². The van der Waals surface area contributed by atoms with Crippen molar-refractivity contribution in [2.45, 2.75) is 26.3 Å². The van der Waals surface area contributed by atoms with E-state index >= 15 is 0 Å². The molecule has 0 N–H and O–H groups in total. The molecule has 1 saturated carbocycles. The molecule has 4 heteroatoms. The summed E-state index contributed by atoms with van der Waals surface area (Å²) in [6.07, 6.45) is 2.42. The highest BCUT2D eigenvalue weighted by Crippen LogP contribution is 2.30. The predicted octanol–water partition coefficient (Wildman–Crippen LogP) is 0.970. The van der Waals surface area contributed by atoms with E-state index in [9.17, 15) is 4.79 Å². The van der Waals surface area contributed by atoms with Crippen molar-refractivity contribution < 1.29 is 4.74 Å². The molecular formula is C10H14N2O2. The van der Waals surface area contributed by atoms with Crippen LogP contribution in [0.25, 0.3) is 0 Å². The molecule has 0 radical (unpaired) electrons. The molecular weight excluding hydrogens is 180 g/mol. The number of nitrogens with zero attached hydrogens (tertiary/aromatic N) is 2. The van der Waals surface area contributed by atoms with Gasteiger partial charge in [-0.1, -0.05) is 0 Å². The monoisotopic (exact) mass is 194 g/mol. The minimum absolute atomic E-state index is 0.0127. The molecule has 0 saturated heterocycles. The van der Waals surface area contributed by atoms with Crippen LogP contribution < -0.4 is 10.3 Å². The Kier molecular flexibility index (Phi) is 2.27. The summed E-state index contributed by atoms with van der Waals surface area (Å²) < 4.78 is 6.70. The van der Waals surface area contributed by atoms with Crippen molar-refractivity contribution in [1.82, 2.24) is 9.55 Å². The van der Waals surface area contributed by atoms with Gasteiger partial charge in [0.1, 0.15) is 0 Å². The van der Waals surface area contributed by atoms with Gasteiger partial charge in [0.25, 0.3) is 11.6 Å². The molecule has 0 spiro atoms. The van der Waals surface area contributed by atoms with Gasteiger partial charge in [-0.15, -0.1) is 0 Å². The van der Waals surface area contributed by atoms with E-state index in [-0.39, 0.29) is 5.56 Å². The molecule has 0 amide bonds. The molecule has 2 rings (SSSR count). The highest BCUT2D eigenvalue weighted by molar-refractivity contribution is 5.07. The summed E-state index contributed by atoms with van der Waals surface area (Å²) in [4.78, 5) is 15.8. The number of hydrogen-bond acceptors (Lipinski definition) is 3. The van der Waals surface area contributed by atoms with Crippen LogP contribution in [0.15, 0.2) is 10.9 Å². The molecule has 1 aliphatic rings. The molecule has 0 aromatic carbocycles. The van der Waals surface area contributed by atoms with Gasteiger partial charge in [0.15, 0.2) is 0 Å². The van der Waals surface area contributed by atoms with Crippen LogP contribution in [-0.4, -0.2) is 16.7 Å². The second-order valence-electron chi connectivity index (χ2n) is 3.78. The minimum atomic E-state index is -0.0127. The Morgan fingerprint density at radius 2 is 2.36 bits per heavy atom. The Morgan fingerprint density at radius 1 is 1.64 bits per heavy atom. The number of hydrogen-bond donors (Lipinski definition) is 0. The van der Waals surface area contributed by atoms with Gasteiger partial charge in [-0.3, -0.25) is 9.36 Å². The molecule has 1 aromatic heterocycles. The minimum Gasteiger partial charge on any atom is -0.468 e. The van der Waals surface area contributed by atoms with Crippen LogP contribution in [0.5, 0.6) is 6.01 Å². The normalized spacial score (nSPS) is 15.6. The Balaban J connectivity index is 2.38. The Labute approximate surface area is 82.5 Å². The number of methoxy groups -OCH3 is 1. The fourth-order valence-electron chi connectivity index (χ4n) is 1.48. The predicted molar refractivity (Wildman–Crippen MR) is 52.5 cm³/mol. The number of ether oxygens (including phenoxy) is 1. The summed E-state index contributed by atoms with van der Waals surface area (Å²) in [6.45, 7) is 2.54. The molecule has 1 fully saturated rings. The molecule has 0 atom stereocenters. The highest BCUT2D eigenvalue weighted by Gasteiger charge is 2.23. The summed E-state index contributed by atoms with van der Waals surface area (Å²) in [5.74, 6) is 0.645. The topological polar surface area (TPSA) is 44.1 Å². The molecule has 1 aromatic rings. The van der Waals surface area contributed by atoms with Crippen molar-refractivity contribution in [2.24, 2.45) is 5.92 Å². The quantitative estimate of drug-likeness (QED) is 0.720. The SMILES string of the molecule is COc1nc(C)cc(=O)n1CC1CC1. The second kappa shape index (κ2) is 3.44. The van der Waals surface area contributed by atoms with Gasteiger partial charge in [0.05, 0.1) is 7.11 Å². The first kappa shape index (κ1) is 9.24. The summed E-state index contributed by atoms with van der Waals surface area (Å²) in [7, 11) is 1.55. The van der Waals surface area contributed by atoms with E-state index in [1.165, 1.54) is 12.8 Å². The van der Waals surface area contributed by atoms with E-state index < -0.39 is 0 Å². The number of rotatable bonds is 3. The van der Waals surface area contributed by atoms with Gasteiger partial charge in [0, 0.05) is 18.3 Å². The lowest BCUT2D eigenvalue weighted by Crippen LogP contribution is -2.23. The van der Waals surface area contributed by atoms with Gasteiger partial charge in [-0.2, -0.15) is 0 Å². The summed E-state index contributed by atoms with van der Waals surface area (Å²) in [6, 6.07) is 1.98. The average molecular weight is 194 g/mol.